The Labute approximate surface area is 225 Å². The van der Waals surface area contributed by atoms with Crippen LogP contribution in [0.25, 0.3) is 55.8 Å². The molecule has 4 aromatic carbocycles. The zero-order valence-corrected chi connectivity index (χ0v) is 20.5. The number of para-hydroxylation sites is 1. The first kappa shape index (κ1) is 25.0. The van der Waals surface area contributed by atoms with Crippen LogP contribution in [0.4, 0.5) is 0 Å². The molecule has 2 aromatic heterocycles. The summed E-state index contributed by atoms with van der Waals surface area (Å²) in [5, 5.41) is 2.42. The van der Waals surface area contributed by atoms with Gasteiger partial charge in [-0.3, -0.25) is 0 Å². The van der Waals surface area contributed by atoms with Crippen molar-refractivity contribution >= 4 is 70.2 Å². The third kappa shape index (κ3) is 5.67. The SMILES string of the molecule is Clc1nc(-c2ccccc2)nc(-c2ccc(-c3ccc4c(c3)oc3ccccc34)cc2)n1.[B][B]B([B])[B]. The number of furan rings is 1. The Balaban J connectivity index is 0.000000514. The van der Waals surface area contributed by atoms with Crippen molar-refractivity contribution in [2.75, 3.05) is 0 Å². The van der Waals surface area contributed by atoms with Gasteiger partial charge in [0.25, 0.3) is 0 Å². The molecule has 0 spiro atoms. The molecule has 0 bridgehead atoms. The van der Waals surface area contributed by atoms with Gasteiger partial charge in [-0.05, 0) is 40.9 Å². The van der Waals surface area contributed by atoms with E-state index >= 15 is 0 Å². The molecule has 0 unspecified atom stereocenters. The lowest BCUT2D eigenvalue weighted by Gasteiger charge is -2.06. The van der Waals surface area contributed by atoms with Crippen molar-refractivity contribution in [3.8, 4) is 33.9 Å². The maximum Gasteiger partial charge on any atom is 0.226 e. The van der Waals surface area contributed by atoms with Gasteiger partial charge in [0, 0.05) is 58.6 Å². The Bertz CT molecular complexity index is 1660. The van der Waals surface area contributed by atoms with Crippen molar-refractivity contribution in [2.45, 2.75) is 0 Å². The zero-order valence-electron chi connectivity index (χ0n) is 19.8. The molecular weight excluding hydrogens is 472 g/mol. The number of hydrogen-bond acceptors (Lipinski definition) is 4. The maximum atomic E-state index is 6.19. The molecule has 6 aromatic rings. The average molecular weight is 488 g/mol. The molecule has 0 amide bonds. The Morgan fingerprint density at radius 1 is 0.622 bits per heavy atom. The lowest BCUT2D eigenvalue weighted by atomic mass is 8.97. The van der Waals surface area contributed by atoms with Gasteiger partial charge >= 0.3 is 0 Å². The Kier molecular flexibility index (Phi) is 7.52. The number of halogens is 1. The van der Waals surface area contributed by atoms with Crippen LogP contribution in [0.1, 0.15) is 0 Å². The molecule has 167 valence electrons. The second-order valence-electron chi connectivity index (χ2n) is 8.27. The highest BCUT2D eigenvalue weighted by Crippen LogP contribution is 2.32. The van der Waals surface area contributed by atoms with Crippen molar-refractivity contribution in [2.24, 2.45) is 0 Å². The number of nitrogens with zero attached hydrogens (tertiary/aromatic N) is 3. The van der Waals surface area contributed by atoms with Crippen LogP contribution in [0.3, 0.4) is 0 Å². The number of hydrogen-bond donors (Lipinski definition) is 0. The fraction of sp³-hybridized carbons (Fsp3) is 0. The molecule has 0 aliphatic heterocycles. The van der Waals surface area contributed by atoms with Crippen molar-refractivity contribution in [3.63, 3.8) is 0 Å². The first-order valence-electron chi connectivity index (χ1n) is 11.6. The summed E-state index contributed by atoms with van der Waals surface area (Å²) in [5.74, 6) is 1.10. The van der Waals surface area contributed by atoms with Gasteiger partial charge in [0.05, 0.1) is 0 Å². The molecule has 0 saturated heterocycles. The minimum absolute atomic E-state index is 0.174. The van der Waals surface area contributed by atoms with Crippen molar-refractivity contribution in [1.82, 2.24) is 15.0 Å². The second-order valence-corrected chi connectivity index (χ2v) is 8.61. The van der Waals surface area contributed by atoms with Crippen LogP contribution >= 0.6 is 11.6 Å². The third-order valence-electron chi connectivity index (χ3n) is 5.72. The van der Waals surface area contributed by atoms with Gasteiger partial charge in [-0.1, -0.05) is 78.9 Å². The van der Waals surface area contributed by atoms with Crippen LogP contribution in [0, 0.1) is 0 Å². The van der Waals surface area contributed by atoms with Crippen LogP contribution in [-0.4, -0.2) is 51.6 Å². The van der Waals surface area contributed by atoms with Crippen LogP contribution in [0.15, 0.2) is 101 Å². The summed E-state index contributed by atoms with van der Waals surface area (Å²) in [6.45, 7) is 0. The molecule has 0 N–H and O–H groups in total. The van der Waals surface area contributed by atoms with Gasteiger partial charge in [-0.15, -0.1) is 0 Å². The summed E-state index contributed by atoms with van der Waals surface area (Å²) in [5.41, 5.74) is 5.72. The van der Waals surface area contributed by atoms with Gasteiger partial charge < -0.3 is 4.42 Å². The molecule has 2 heterocycles. The van der Waals surface area contributed by atoms with Gasteiger partial charge in [0.1, 0.15) is 11.2 Å². The predicted octanol–water partition coefficient (Wildman–Crippen LogP) is 5.52. The molecule has 37 heavy (non-hydrogen) atoms. The van der Waals surface area contributed by atoms with E-state index in [0.29, 0.717) is 11.6 Å². The fourth-order valence-corrected chi connectivity index (χ4v) is 4.07. The van der Waals surface area contributed by atoms with Crippen LogP contribution < -0.4 is 0 Å². The average Bonchev–Trinajstić information content (AvgIpc) is 3.31. The second kappa shape index (κ2) is 11.1. The normalized spacial score (nSPS) is 10.6. The molecule has 4 nitrogen and oxygen atoms in total. The monoisotopic (exact) mass is 488 g/mol. The largest absolute Gasteiger partial charge is 0.456 e. The summed E-state index contributed by atoms with van der Waals surface area (Å²) < 4.78 is 6.03. The Hall–Kier alpha value is -3.70. The summed E-state index contributed by atoms with van der Waals surface area (Å²) >= 11 is 6.19. The topological polar surface area (TPSA) is 51.8 Å². The van der Waals surface area contributed by atoms with E-state index in [4.69, 9.17) is 39.2 Å². The lowest BCUT2D eigenvalue weighted by Crippen LogP contribution is -2.23. The van der Waals surface area contributed by atoms with Crippen molar-refractivity contribution in [1.29, 1.82) is 0 Å². The first-order chi connectivity index (χ1) is 18.0. The van der Waals surface area contributed by atoms with E-state index in [1.54, 1.807) is 0 Å². The molecule has 0 atom stereocenters. The van der Waals surface area contributed by atoms with E-state index < -0.39 is 6.39 Å². The Morgan fingerprint density at radius 3 is 1.84 bits per heavy atom. The predicted molar refractivity (Wildman–Crippen MR) is 157 cm³/mol. The highest BCUT2D eigenvalue weighted by atomic mass is 35.5. The number of benzene rings is 4. The van der Waals surface area contributed by atoms with Gasteiger partial charge in [-0.2, -0.15) is 9.97 Å². The molecule has 0 fully saturated rings. The van der Waals surface area contributed by atoms with Crippen LogP contribution in [0.2, 0.25) is 5.28 Å². The van der Waals surface area contributed by atoms with Crippen molar-refractivity contribution < 1.29 is 4.42 Å². The van der Waals surface area contributed by atoms with Crippen LogP contribution in [-0.2, 0) is 0 Å². The van der Waals surface area contributed by atoms with Gasteiger partial charge in [-0.25, -0.2) is 4.98 Å². The Morgan fingerprint density at radius 2 is 1.16 bits per heavy atom. The van der Waals surface area contributed by atoms with Gasteiger partial charge in [0.15, 0.2) is 11.6 Å². The molecule has 0 aliphatic rings. The van der Waals surface area contributed by atoms with E-state index in [1.165, 1.54) is 7.06 Å². The van der Waals surface area contributed by atoms with Crippen molar-refractivity contribution in [3.05, 3.63) is 102 Å². The highest BCUT2D eigenvalue weighted by Gasteiger charge is 2.11. The molecule has 6 rings (SSSR count). The fourth-order valence-electron chi connectivity index (χ4n) is 3.91. The molecule has 0 saturated carbocycles. The number of aromatic nitrogens is 3. The maximum absolute atomic E-state index is 6.19. The summed E-state index contributed by atoms with van der Waals surface area (Å²) in [6, 6.07) is 32.3. The number of fused-ring (bicyclic) bond motifs is 3. The van der Waals surface area contributed by atoms with Crippen LogP contribution in [0.5, 0.6) is 0 Å². The van der Waals surface area contributed by atoms with E-state index in [9.17, 15) is 0 Å². The highest BCUT2D eigenvalue weighted by molar-refractivity contribution is 7.60. The molecular formula is C27H16B5ClN3O. The minimum Gasteiger partial charge on any atom is -0.456 e. The quantitative estimate of drug-likeness (QED) is 0.307. The van der Waals surface area contributed by atoms with Gasteiger partial charge in [0.2, 0.25) is 5.28 Å². The molecule has 7 radical (unpaired) electrons. The minimum atomic E-state index is -0.463. The molecule has 0 aliphatic carbocycles. The summed E-state index contributed by atoms with van der Waals surface area (Å²) in [7, 11) is 15.8. The van der Waals surface area contributed by atoms with E-state index in [1.807, 2.05) is 60.7 Å². The van der Waals surface area contributed by atoms with E-state index in [2.05, 4.69) is 51.4 Å². The smallest absolute Gasteiger partial charge is 0.226 e. The standard InChI is InChI=1S/C27H16ClN3O.B5/c28-27-30-25(18-6-2-1-3-7-18)29-26(31-27)19-12-10-17(11-13-19)20-14-15-22-21-8-4-5-9-23(21)32-24(22)16-20;1-4-5(2)3/h1-16H;. The van der Waals surface area contributed by atoms with E-state index in [0.717, 1.165) is 44.2 Å². The first-order valence-corrected chi connectivity index (χ1v) is 11.9. The zero-order chi connectivity index (χ0) is 25.8. The summed E-state index contributed by atoms with van der Waals surface area (Å²) in [4.78, 5) is 13.2. The summed E-state index contributed by atoms with van der Waals surface area (Å²) in [6.07, 6.45) is -0.463. The lowest BCUT2D eigenvalue weighted by molar-refractivity contribution is 0.669. The van der Waals surface area contributed by atoms with E-state index in [-0.39, 0.29) is 5.28 Å². The molecule has 10 heteroatoms. The number of rotatable bonds is 4. The third-order valence-corrected chi connectivity index (χ3v) is 5.89.